The standard InChI is InChI=1S/C8H12O4/c1-4-3-6(10)7(5(2)9)8(11)12-4/h4,7-8,11H,3H2,1-2H3. The second kappa shape index (κ2) is 3.33. The summed E-state index contributed by atoms with van der Waals surface area (Å²) in [7, 11) is 0. The van der Waals surface area contributed by atoms with Gasteiger partial charge in [0.05, 0.1) is 6.10 Å². The van der Waals surface area contributed by atoms with E-state index in [9.17, 15) is 14.7 Å². The van der Waals surface area contributed by atoms with Crippen molar-refractivity contribution in [3.05, 3.63) is 0 Å². The Bertz CT molecular complexity index is 211. The minimum absolute atomic E-state index is 0.210. The third-order valence-corrected chi connectivity index (χ3v) is 1.93. The first kappa shape index (κ1) is 9.35. The lowest BCUT2D eigenvalue weighted by molar-refractivity contribution is -0.191. The van der Waals surface area contributed by atoms with Gasteiger partial charge in [-0.15, -0.1) is 0 Å². The summed E-state index contributed by atoms with van der Waals surface area (Å²) in [5.41, 5.74) is 0. The zero-order valence-electron chi connectivity index (χ0n) is 7.11. The smallest absolute Gasteiger partial charge is 0.171 e. The molecule has 1 saturated heterocycles. The van der Waals surface area contributed by atoms with Crippen LogP contribution in [0.1, 0.15) is 20.3 Å². The number of carbonyl (C=O) groups is 2. The number of hydrogen-bond donors (Lipinski definition) is 1. The van der Waals surface area contributed by atoms with Crippen molar-refractivity contribution in [1.29, 1.82) is 0 Å². The first-order chi connectivity index (χ1) is 5.52. The zero-order valence-corrected chi connectivity index (χ0v) is 7.11. The van der Waals surface area contributed by atoms with Crippen LogP contribution in [0.2, 0.25) is 0 Å². The summed E-state index contributed by atoms with van der Waals surface area (Å²) in [5.74, 6) is -1.53. The Morgan fingerprint density at radius 3 is 2.67 bits per heavy atom. The van der Waals surface area contributed by atoms with Gasteiger partial charge in [0, 0.05) is 6.42 Å². The van der Waals surface area contributed by atoms with Crippen molar-refractivity contribution < 1.29 is 19.4 Å². The molecule has 0 saturated carbocycles. The summed E-state index contributed by atoms with van der Waals surface area (Å²) >= 11 is 0. The Balaban J connectivity index is 2.73. The summed E-state index contributed by atoms with van der Waals surface area (Å²) in [6.07, 6.45) is -1.33. The average molecular weight is 172 g/mol. The minimum atomic E-state index is -1.25. The fourth-order valence-electron chi connectivity index (χ4n) is 1.36. The lowest BCUT2D eigenvalue weighted by atomic mass is 9.92. The van der Waals surface area contributed by atoms with Crippen LogP contribution >= 0.6 is 0 Å². The largest absolute Gasteiger partial charge is 0.367 e. The van der Waals surface area contributed by atoms with Crippen LogP contribution in [0.3, 0.4) is 0 Å². The number of carbonyl (C=O) groups excluding carboxylic acids is 2. The molecule has 0 radical (unpaired) electrons. The van der Waals surface area contributed by atoms with Crippen LogP contribution in [-0.2, 0) is 14.3 Å². The highest BCUT2D eigenvalue weighted by Crippen LogP contribution is 2.20. The molecule has 12 heavy (non-hydrogen) atoms. The Kier molecular flexibility index (Phi) is 2.59. The highest BCUT2D eigenvalue weighted by atomic mass is 16.6. The predicted octanol–water partition coefficient (Wildman–Crippen LogP) is -0.112. The molecule has 1 aliphatic heterocycles. The zero-order chi connectivity index (χ0) is 9.30. The molecule has 3 unspecified atom stereocenters. The van der Waals surface area contributed by atoms with E-state index < -0.39 is 12.2 Å². The fourth-order valence-corrected chi connectivity index (χ4v) is 1.36. The molecule has 4 heteroatoms. The molecule has 0 aliphatic carbocycles. The summed E-state index contributed by atoms with van der Waals surface area (Å²) < 4.78 is 4.94. The summed E-state index contributed by atoms with van der Waals surface area (Å²) in [4.78, 5) is 22.1. The number of Topliss-reactive ketones (excluding diaryl/α,β-unsaturated/α-hetero) is 2. The maximum absolute atomic E-state index is 11.2. The third-order valence-electron chi connectivity index (χ3n) is 1.93. The number of ketones is 2. The minimum Gasteiger partial charge on any atom is -0.367 e. The van der Waals surface area contributed by atoms with Crippen LogP contribution in [0.4, 0.5) is 0 Å². The molecule has 1 N–H and O–H groups in total. The summed E-state index contributed by atoms with van der Waals surface area (Å²) in [6, 6.07) is 0. The quantitative estimate of drug-likeness (QED) is 0.560. The molecule has 0 amide bonds. The highest BCUT2D eigenvalue weighted by molar-refractivity contribution is 6.02. The summed E-state index contributed by atoms with van der Waals surface area (Å²) in [5, 5.41) is 9.22. The van der Waals surface area contributed by atoms with Gasteiger partial charge in [0.15, 0.2) is 12.1 Å². The van der Waals surface area contributed by atoms with E-state index in [1.54, 1.807) is 6.92 Å². The Hall–Kier alpha value is -0.740. The first-order valence-corrected chi connectivity index (χ1v) is 3.89. The van der Waals surface area contributed by atoms with Gasteiger partial charge >= 0.3 is 0 Å². The van der Waals surface area contributed by atoms with E-state index >= 15 is 0 Å². The Morgan fingerprint density at radius 1 is 1.67 bits per heavy atom. The SMILES string of the molecule is CC(=O)C1C(=O)CC(C)OC1O. The Labute approximate surface area is 70.5 Å². The van der Waals surface area contributed by atoms with Crippen LogP contribution in [0.15, 0.2) is 0 Å². The molecule has 0 aromatic carbocycles. The van der Waals surface area contributed by atoms with Crippen LogP contribution in [-0.4, -0.2) is 29.1 Å². The van der Waals surface area contributed by atoms with E-state index in [4.69, 9.17) is 4.74 Å². The third kappa shape index (κ3) is 1.70. The highest BCUT2D eigenvalue weighted by Gasteiger charge is 2.37. The normalized spacial score (nSPS) is 36.6. The predicted molar refractivity (Wildman–Crippen MR) is 40.3 cm³/mol. The molecule has 0 aromatic rings. The lowest BCUT2D eigenvalue weighted by Crippen LogP contribution is -2.43. The number of ether oxygens (including phenoxy) is 1. The molecule has 1 fully saturated rings. The Morgan fingerprint density at radius 2 is 2.25 bits per heavy atom. The van der Waals surface area contributed by atoms with Gasteiger partial charge in [-0.1, -0.05) is 0 Å². The van der Waals surface area contributed by atoms with Crippen LogP contribution in [0.25, 0.3) is 0 Å². The number of aliphatic hydroxyl groups excluding tert-OH is 1. The first-order valence-electron chi connectivity index (χ1n) is 3.89. The van der Waals surface area contributed by atoms with Gasteiger partial charge in [-0.05, 0) is 13.8 Å². The van der Waals surface area contributed by atoms with Crippen molar-refractivity contribution in [1.82, 2.24) is 0 Å². The summed E-state index contributed by atoms with van der Waals surface area (Å²) in [6.45, 7) is 2.97. The molecular formula is C8H12O4. The van der Waals surface area contributed by atoms with E-state index in [2.05, 4.69) is 0 Å². The van der Waals surface area contributed by atoms with Gasteiger partial charge in [-0.3, -0.25) is 9.59 Å². The average Bonchev–Trinajstić information content (AvgIpc) is 1.82. The van der Waals surface area contributed by atoms with Crippen LogP contribution in [0, 0.1) is 5.92 Å². The molecule has 1 rings (SSSR count). The monoisotopic (exact) mass is 172 g/mol. The van der Waals surface area contributed by atoms with Crippen molar-refractivity contribution >= 4 is 11.6 Å². The molecule has 0 spiro atoms. The number of hydrogen-bond acceptors (Lipinski definition) is 4. The van der Waals surface area contributed by atoms with Gasteiger partial charge in [0.2, 0.25) is 0 Å². The van der Waals surface area contributed by atoms with Crippen molar-refractivity contribution in [3.8, 4) is 0 Å². The van der Waals surface area contributed by atoms with E-state index in [1.165, 1.54) is 6.92 Å². The maximum Gasteiger partial charge on any atom is 0.171 e. The van der Waals surface area contributed by atoms with E-state index in [0.29, 0.717) is 0 Å². The van der Waals surface area contributed by atoms with Crippen LogP contribution in [0.5, 0.6) is 0 Å². The molecule has 0 aromatic heterocycles. The maximum atomic E-state index is 11.2. The van der Waals surface area contributed by atoms with Crippen LogP contribution < -0.4 is 0 Å². The molecule has 3 atom stereocenters. The number of aliphatic hydroxyl groups is 1. The van der Waals surface area contributed by atoms with Crippen molar-refractivity contribution in [3.63, 3.8) is 0 Å². The number of rotatable bonds is 1. The van der Waals surface area contributed by atoms with Gasteiger partial charge in [-0.25, -0.2) is 0 Å². The molecule has 0 bridgehead atoms. The topological polar surface area (TPSA) is 63.6 Å². The molecule has 4 nitrogen and oxygen atoms in total. The van der Waals surface area contributed by atoms with Crippen molar-refractivity contribution in [2.45, 2.75) is 32.7 Å². The molecule has 1 heterocycles. The fraction of sp³-hybridized carbons (Fsp3) is 0.750. The van der Waals surface area contributed by atoms with Gasteiger partial charge in [0.25, 0.3) is 0 Å². The molecule has 68 valence electrons. The van der Waals surface area contributed by atoms with Gasteiger partial charge < -0.3 is 9.84 Å². The van der Waals surface area contributed by atoms with E-state index in [1.807, 2.05) is 0 Å². The second-order valence-corrected chi connectivity index (χ2v) is 3.10. The van der Waals surface area contributed by atoms with Crippen molar-refractivity contribution in [2.75, 3.05) is 0 Å². The lowest BCUT2D eigenvalue weighted by Gasteiger charge is -2.28. The van der Waals surface area contributed by atoms with Gasteiger partial charge in [0.1, 0.15) is 11.7 Å². The van der Waals surface area contributed by atoms with E-state index in [0.717, 1.165) is 0 Å². The van der Waals surface area contributed by atoms with E-state index in [-0.39, 0.29) is 24.1 Å². The van der Waals surface area contributed by atoms with Crippen molar-refractivity contribution in [2.24, 2.45) is 5.92 Å². The van der Waals surface area contributed by atoms with Gasteiger partial charge in [-0.2, -0.15) is 0 Å². The molecule has 1 aliphatic rings. The molecular weight excluding hydrogens is 160 g/mol. The second-order valence-electron chi connectivity index (χ2n) is 3.10.